The number of carbonyl (C=O) groups excluding carboxylic acids is 2. The molecule has 0 aliphatic rings. The summed E-state index contributed by atoms with van der Waals surface area (Å²) in [6.45, 7) is 5.30. The molecule has 1 N–H and O–H groups in total. The number of anilines is 1. The van der Waals surface area contributed by atoms with Crippen LogP contribution >= 0.6 is 11.6 Å². The third-order valence-corrected chi connectivity index (χ3v) is 2.47. The Labute approximate surface area is 111 Å². The van der Waals surface area contributed by atoms with E-state index in [0.29, 0.717) is 17.3 Å². The highest BCUT2D eigenvalue weighted by atomic mass is 35.5. The molecule has 0 saturated carbocycles. The topological polar surface area (TPSA) is 49.4 Å². The summed E-state index contributed by atoms with van der Waals surface area (Å²) in [4.78, 5) is 24.4. The lowest BCUT2D eigenvalue weighted by Gasteiger charge is -2.18. The van der Waals surface area contributed by atoms with E-state index >= 15 is 0 Å². The van der Waals surface area contributed by atoms with Gasteiger partial charge in [0.05, 0.1) is 0 Å². The predicted octanol–water partition coefficient (Wildman–Crippen LogP) is 2.31. The zero-order valence-electron chi connectivity index (χ0n) is 10.1. The van der Waals surface area contributed by atoms with Gasteiger partial charge in [0.25, 0.3) is 0 Å². The van der Waals surface area contributed by atoms with Crippen molar-refractivity contribution < 1.29 is 9.59 Å². The summed E-state index contributed by atoms with van der Waals surface area (Å²) >= 11 is 5.81. The second kappa shape index (κ2) is 6.81. The standard InChI is InChI=1S/C13H15ClN2O2/c1-3-7-16(10(2)17)9-13(18)15-12-6-4-5-11(14)8-12/h3-6,8H,1,7,9H2,2H3,(H,15,18). The van der Waals surface area contributed by atoms with Crippen molar-refractivity contribution in [3.8, 4) is 0 Å². The summed E-state index contributed by atoms with van der Waals surface area (Å²) in [5.74, 6) is -0.439. The van der Waals surface area contributed by atoms with E-state index in [2.05, 4.69) is 11.9 Å². The number of amides is 2. The van der Waals surface area contributed by atoms with Crippen molar-refractivity contribution in [1.29, 1.82) is 0 Å². The first-order chi connectivity index (χ1) is 8.52. The molecule has 0 aliphatic heterocycles. The molecule has 0 aliphatic carbocycles. The first kappa shape index (κ1) is 14.3. The SMILES string of the molecule is C=CCN(CC(=O)Nc1cccc(Cl)c1)C(C)=O. The molecular weight excluding hydrogens is 252 g/mol. The zero-order valence-corrected chi connectivity index (χ0v) is 10.9. The van der Waals surface area contributed by atoms with E-state index in [1.54, 1.807) is 30.3 Å². The second-order valence-corrected chi connectivity index (χ2v) is 4.18. The van der Waals surface area contributed by atoms with Crippen molar-refractivity contribution in [3.05, 3.63) is 41.9 Å². The molecule has 0 aromatic heterocycles. The normalized spacial score (nSPS) is 9.67. The van der Waals surface area contributed by atoms with Gasteiger partial charge in [-0.05, 0) is 18.2 Å². The van der Waals surface area contributed by atoms with Gasteiger partial charge in [-0.3, -0.25) is 9.59 Å². The van der Waals surface area contributed by atoms with Crippen molar-refractivity contribution in [1.82, 2.24) is 4.90 Å². The minimum Gasteiger partial charge on any atom is -0.330 e. The fraction of sp³-hybridized carbons (Fsp3) is 0.231. The Balaban J connectivity index is 2.60. The van der Waals surface area contributed by atoms with Crippen LogP contribution in [0.2, 0.25) is 5.02 Å². The summed E-state index contributed by atoms with van der Waals surface area (Å²) in [6.07, 6.45) is 1.58. The highest BCUT2D eigenvalue weighted by Crippen LogP contribution is 2.14. The Morgan fingerprint density at radius 1 is 1.50 bits per heavy atom. The minimum absolute atomic E-state index is 0.00608. The van der Waals surface area contributed by atoms with Crippen LogP contribution < -0.4 is 5.32 Å². The number of carbonyl (C=O) groups is 2. The quantitative estimate of drug-likeness (QED) is 0.832. The summed E-state index contributed by atoms with van der Waals surface area (Å²) in [5.41, 5.74) is 0.606. The predicted molar refractivity (Wildman–Crippen MR) is 72.5 cm³/mol. The minimum atomic E-state index is -0.269. The Morgan fingerprint density at radius 2 is 2.22 bits per heavy atom. The molecule has 96 valence electrons. The fourth-order valence-corrected chi connectivity index (χ4v) is 1.59. The summed E-state index contributed by atoms with van der Waals surface area (Å²) in [5, 5.41) is 3.22. The van der Waals surface area contributed by atoms with Crippen LogP contribution in [0, 0.1) is 0 Å². The van der Waals surface area contributed by atoms with Crippen molar-refractivity contribution in [2.45, 2.75) is 6.92 Å². The van der Waals surface area contributed by atoms with Crippen molar-refractivity contribution >= 4 is 29.1 Å². The molecule has 0 radical (unpaired) electrons. The molecule has 1 aromatic rings. The average molecular weight is 267 g/mol. The summed E-state index contributed by atoms with van der Waals surface area (Å²) < 4.78 is 0. The van der Waals surface area contributed by atoms with E-state index in [0.717, 1.165) is 0 Å². The maximum atomic E-state index is 11.7. The van der Waals surface area contributed by atoms with Crippen LogP contribution in [0.15, 0.2) is 36.9 Å². The van der Waals surface area contributed by atoms with E-state index in [1.165, 1.54) is 11.8 Å². The maximum Gasteiger partial charge on any atom is 0.244 e. The molecule has 0 saturated heterocycles. The first-order valence-corrected chi connectivity index (χ1v) is 5.82. The third-order valence-electron chi connectivity index (χ3n) is 2.24. The van der Waals surface area contributed by atoms with Crippen LogP contribution in [-0.2, 0) is 9.59 Å². The number of rotatable bonds is 5. The molecule has 0 heterocycles. The monoisotopic (exact) mass is 266 g/mol. The van der Waals surface area contributed by atoms with Gasteiger partial charge in [-0.25, -0.2) is 0 Å². The average Bonchev–Trinajstić information content (AvgIpc) is 2.28. The van der Waals surface area contributed by atoms with Crippen LogP contribution in [-0.4, -0.2) is 29.8 Å². The number of benzene rings is 1. The second-order valence-electron chi connectivity index (χ2n) is 3.75. The van der Waals surface area contributed by atoms with Gasteiger partial charge in [0.2, 0.25) is 11.8 Å². The van der Waals surface area contributed by atoms with Gasteiger partial charge < -0.3 is 10.2 Å². The molecule has 0 bridgehead atoms. The van der Waals surface area contributed by atoms with Gasteiger partial charge in [0.15, 0.2) is 0 Å². The molecule has 0 spiro atoms. The lowest BCUT2D eigenvalue weighted by Crippen LogP contribution is -2.36. The van der Waals surface area contributed by atoms with Gasteiger partial charge in [0.1, 0.15) is 6.54 Å². The van der Waals surface area contributed by atoms with Crippen molar-refractivity contribution in [2.75, 3.05) is 18.4 Å². The van der Waals surface area contributed by atoms with E-state index in [1.807, 2.05) is 0 Å². The zero-order chi connectivity index (χ0) is 13.5. The van der Waals surface area contributed by atoms with Gasteiger partial charge in [-0.15, -0.1) is 6.58 Å². The Kier molecular flexibility index (Phi) is 5.39. The van der Waals surface area contributed by atoms with Crippen LogP contribution in [0.5, 0.6) is 0 Å². The number of hydrogen-bond donors (Lipinski definition) is 1. The molecular formula is C13H15ClN2O2. The molecule has 4 nitrogen and oxygen atoms in total. The fourth-order valence-electron chi connectivity index (χ4n) is 1.40. The molecule has 5 heteroatoms. The number of nitrogens with one attached hydrogen (secondary N) is 1. The third kappa shape index (κ3) is 4.59. The van der Waals surface area contributed by atoms with Crippen LogP contribution in [0.1, 0.15) is 6.92 Å². The molecule has 18 heavy (non-hydrogen) atoms. The molecule has 0 fully saturated rings. The molecule has 2 amide bonds. The number of nitrogens with zero attached hydrogens (tertiary/aromatic N) is 1. The first-order valence-electron chi connectivity index (χ1n) is 5.44. The van der Waals surface area contributed by atoms with E-state index in [9.17, 15) is 9.59 Å². The summed E-state index contributed by atoms with van der Waals surface area (Å²) in [6, 6.07) is 6.83. The number of halogens is 1. The van der Waals surface area contributed by atoms with Gasteiger partial charge in [0, 0.05) is 24.2 Å². The van der Waals surface area contributed by atoms with Gasteiger partial charge >= 0.3 is 0 Å². The molecule has 0 unspecified atom stereocenters. The number of hydrogen-bond acceptors (Lipinski definition) is 2. The smallest absolute Gasteiger partial charge is 0.244 e. The Bertz CT molecular complexity index is 460. The van der Waals surface area contributed by atoms with Gasteiger partial charge in [-0.2, -0.15) is 0 Å². The van der Waals surface area contributed by atoms with Crippen LogP contribution in [0.25, 0.3) is 0 Å². The highest BCUT2D eigenvalue weighted by Gasteiger charge is 2.12. The lowest BCUT2D eigenvalue weighted by molar-refractivity contribution is -0.132. The van der Waals surface area contributed by atoms with E-state index in [-0.39, 0.29) is 18.4 Å². The Hall–Kier alpha value is -1.81. The maximum absolute atomic E-state index is 11.7. The van der Waals surface area contributed by atoms with Crippen LogP contribution in [0.4, 0.5) is 5.69 Å². The highest BCUT2D eigenvalue weighted by molar-refractivity contribution is 6.30. The molecule has 1 rings (SSSR count). The van der Waals surface area contributed by atoms with Gasteiger partial charge in [-0.1, -0.05) is 23.7 Å². The van der Waals surface area contributed by atoms with Crippen molar-refractivity contribution in [3.63, 3.8) is 0 Å². The Morgan fingerprint density at radius 3 is 2.78 bits per heavy atom. The van der Waals surface area contributed by atoms with Crippen LogP contribution in [0.3, 0.4) is 0 Å². The molecule has 0 atom stereocenters. The molecule has 1 aromatic carbocycles. The largest absolute Gasteiger partial charge is 0.330 e. The van der Waals surface area contributed by atoms with E-state index < -0.39 is 0 Å². The lowest BCUT2D eigenvalue weighted by atomic mass is 10.3. The van der Waals surface area contributed by atoms with Crippen molar-refractivity contribution in [2.24, 2.45) is 0 Å². The van der Waals surface area contributed by atoms with E-state index in [4.69, 9.17) is 11.6 Å². The summed E-state index contributed by atoms with van der Waals surface area (Å²) in [7, 11) is 0.